The van der Waals surface area contributed by atoms with Crippen molar-refractivity contribution < 1.29 is 22.4 Å². The molecule has 3 rings (SSSR count). The fourth-order valence-electron chi connectivity index (χ4n) is 2.99. The van der Waals surface area contributed by atoms with Crippen LogP contribution in [0.1, 0.15) is 29.7 Å². The van der Waals surface area contributed by atoms with Gasteiger partial charge in [0.1, 0.15) is 5.82 Å². The van der Waals surface area contributed by atoms with Crippen molar-refractivity contribution in [3.63, 3.8) is 0 Å². The summed E-state index contributed by atoms with van der Waals surface area (Å²) in [5.41, 5.74) is -0.0931. The van der Waals surface area contributed by atoms with E-state index < -0.39 is 29.3 Å². The molecule has 30 heavy (non-hydrogen) atoms. The summed E-state index contributed by atoms with van der Waals surface area (Å²) in [6.45, 7) is 5.33. The summed E-state index contributed by atoms with van der Waals surface area (Å²) < 4.78 is 54.6. The number of ketones is 1. The van der Waals surface area contributed by atoms with E-state index in [-0.39, 0.29) is 11.1 Å². The monoisotopic (exact) mass is 414 g/mol. The molecule has 7 heteroatoms. The number of halogens is 4. The van der Waals surface area contributed by atoms with Gasteiger partial charge in [0.2, 0.25) is 0 Å². The predicted octanol–water partition coefficient (Wildman–Crippen LogP) is 5.97. The molecule has 3 aromatic rings. The van der Waals surface area contributed by atoms with Crippen LogP contribution in [0.2, 0.25) is 0 Å². The molecule has 0 aliphatic carbocycles. The first-order valence-electron chi connectivity index (χ1n) is 9.07. The number of rotatable bonds is 6. The molecule has 1 aromatic heterocycles. The molecule has 0 saturated carbocycles. The molecule has 3 nitrogen and oxygen atoms in total. The Morgan fingerprint density at radius 1 is 1.10 bits per heavy atom. The van der Waals surface area contributed by atoms with Gasteiger partial charge in [0, 0.05) is 11.5 Å². The highest BCUT2D eigenvalue weighted by Gasteiger charge is 2.35. The van der Waals surface area contributed by atoms with E-state index in [0.29, 0.717) is 11.8 Å². The van der Waals surface area contributed by atoms with Crippen LogP contribution in [-0.4, -0.2) is 15.6 Å². The molecule has 0 aliphatic heterocycles. The third-order valence-corrected chi connectivity index (χ3v) is 4.61. The predicted molar refractivity (Wildman–Crippen MR) is 107 cm³/mol. The molecule has 0 amide bonds. The fourth-order valence-corrected chi connectivity index (χ4v) is 2.99. The first-order valence-corrected chi connectivity index (χ1v) is 9.07. The van der Waals surface area contributed by atoms with E-state index in [9.17, 15) is 22.4 Å². The van der Waals surface area contributed by atoms with Gasteiger partial charge in [-0.3, -0.25) is 4.79 Å². The first kappa shape index (κ1) is 21.2. The third-order valence-electron chi connectivity index (χ3n) is 4.61. The number of aromatic nitrogens is 2. The largest absolute Gasteiger partial charge is 0.419 e. The lowest BCUT2D eigenvalue weighted by Gasteiger charge is -2.14. The van der Waals surface area contributed by atoms with E-state index in [2.05, 4.69) is 11.7 Å². The Labute approximate surface area is 171 Å². The average molecular weight is 414 g/mol. The van der Waals surface area contributed by atoms with E-state index in [4.69, 9.17) is 0 Å². The van der Waals surface area contributed by atoms with Crippen LogP contribution in [0.25, 0.3) is 11.3 Å². The van der Waals surface area contributed by atoms with Gasteiger partial charge in [0.05, 0.1) is 23.1 Å². The van der Waals surface area contributed by atoms with Gasteiger partial charge in [0.25, 0.3) is 0 Å². The number of carbonyl (C=O) groups is 1. The Hall–Kier alpha value is -3.48. The number of carbonyl (C=O) groups excluding carboxylic acids is 1. The Balaban J connectivity index is 1.81. The average Bonchev–Trinajstić information content (AvgIpc) is 3.21. The fraction of sp³-hybridized carbons (Fsp3) is 0.130. The van der Waals surface area contributed by atoms with Crippen molar-refractivity contribution in [3.05, 3.63) is 102 Å². The summed E-state index contributed by atoms with van der Waals surface area (Å²) in [5.74, 6) is -2.54. The standard InChI is InChI=1S/C23H18F4N2O/c1-15(18-9-6-10-19(22(18)24)23(25,26)27)11-12-21(30)16(2)20-13-14-28-29(20)17-7-4-3-5-8-17/h3-15H,2H2,1H3. The SMILES string of the molecule is C=C(C(=O)C=CC(C)c1cccc(C(F)(F)F)c1F)c1ccnn1-c1ccccc1. The minimum atomic E-state index is -4.79. The number of hydrogen-bond acceptors (Lipinski definition) is 2. The Kier molecular flexibility index (Phi) is 6.01. The molecule has 2 aromatic carbocycles. The Bertz CT molecular complexity index is 1100. The molecule has 0 radical (unpaired) electrons. The second-order valence-corrected chi connectivity index (χ2v) is 6.66. The minimum Gasteiger partial charge on any atom is -0.289 e. The van der Waals surface area contributed by atoms with E-state index in [1.54, 1.807) is 10.7 Å². The summed E-state index contributed by atoms with van der Waals surface area (Å²) in [6, 6.07) is 13.9. The second-order valence-electron chi connectivity index (χ2n) is 6.66. The van der Waals surface area contributed by atoms with Gasteiger partial charge in [-0.1, -0.05) is 49.9 Å². The quantitative estimate of drug-likeness (QED) is 0.368. The molecule has 1 atom stereocenters. The number of alkyl halides is 3. The molecular weight excluding hydrogens is 396 g/mol. The highest BCUT2D eigenvalue weighted by Crippen LogP contribution is 2.34. The molecule has 154 valence electrons. The summed E-state index contributed by atoms with van der Waals surface area (Å²) in [5, 5.41) is 4.20. The van der Waals surface area contributed by atoms with Crippen LogP contribution in [0.4, 0.5) is 17.6 Å². The van der Waals surface area contributed by atoms with Crippen molar-refractivity contribution in [3.8, 4) is 5.69 Å². The minimum absolute atomic E-state index is 0.145. The number of allylic oxidation sites excluding steroid dienone is 3. The van der Waals surface area contributed by atoms with E-state index in [1.165, 1.54) is 31.3 Å². The molecular formula is C23H18F4N2O. The van der Waals surface area contributed by atoms with Gasteiger partial charge < -0.3 is 0 Å². The zero-order valence-electron chi connectivity index (χ0n) is 16.0. The van der Waals surface area contributed by atoms with Gasteiger partial charge in [-0.25, -0.2) is 9.07 Å². The molecule has 0 fully saturated rings. The molecule has 1 unspecified atom stereocenters. The maximum atomic E-state index is 14.3. The lowest BCUT2D eigenvalue weighted by atomic mass is 9.96. The summed E-state index contributed by atoms with van der Waals surface area (Å²) in [6.07, 6.45) is -0.709. The maximum Gasteiger partial charge on any atom is 0.419 e. The van der Waals surface area contributed by atoms with Crippen LogP contribution in [-0.2, 0) is 11.0 Å². The highest BCUT2D eigenvalue weighted by molar-refractivity contribution is 6.25. The molecule has 0 aliphatic rings. The number of hydrogen-bond donors (Lipinski definition) is 0. The lowest BCUT2D eigenvalue weighted by Crippen LogP contribution is -2.10. The van der Waals surface area contributed by atoms with E-state index in [1.807, 2.05) is 30.3 Å². The summed E-state index contributed by atoms with van der Waals surface area (Å²) >= 11 is 0. The van der Waals surface area contributed by atoms with Crippen LogP contribution in [0.15, 0.2) is 79.5 Å². The van der Waals surface area contributed by atoms with E-state index in [0.717, 1.165) is 11.8 Å². The number of para-hydroxylation sites is 1. The lowest BCUT2D eigenvalue weighted by molar-refractivity contribution is -0.140. The van der Waals surface area contributed by atoms with Crippen LogP contribution in [0.5, 0.6) is 0 Å². The highest BCUT2D eigenvalue weighted by atomic mass is 19.4. The Morgan fingerprint density at radius 3 is 2.47 bits per heavy atom. The number of nitrogens with zero attached hydrogens (tertiary/aromatic N) is 2. The topological polar surface area (TPSA) is 34.9 Å². The number of benzene rings is 2. The van der Waals surface area contributed by atoms with Gasteiger partial charge >= 0.3 is 6.18 Å². The van der Waals surface area contributed by atoms with Gasteiger partial charge in [-0.05, 0) is 35.9 Å². The molecule has 0 saturated heterocycles. The van der Waals surface area contributed by atoms with Gasteiger partial charge in [-0.2, -0.15) is 18.3 Å². The molecule has 1 heterocycles. The van der Waals surface area contributed by atoms with Crippen LogP contribution in [0.3, 0.4) is 0 Å². The van der Waals surface area contributed by atoms with Crippen molar-refractivity contribution in [2.24, 2.45) is 0 Å². The van der Waals surface area contributed by atoms with Crippen LogP contribution >= 0.6 is 0 Å². The Morgan fingerprint density at radius 2 is 1.80 bits per heavy atom. The normalized spacial score (nSPS) is 12.8. The van der Waals surface area contributed by atoms with Crippen molar-refractivity contribution in [1.29, 1.82) is 0 Å². The van der Waals surface area contributed by atoms with Crippen molar-refractivity contribution >= 4 is 11.4 Å². The zero-order chi connectivity index (χ0) is 21.9. The van der Waals surface area contributed by atoms with Crippen molar-refractivity contribution in [2.45, 2.75) is 19.0 Å². The van der Waals surface area contributed by atoms with Crippen molar-refractivity contribution in [2.75, 3.05) is 0 Å². The smallest absolute Gasteiger partial charge is 0.289 e. The van der Waals surface area contributed by atoms with Crippen LogP contribution in [0, 0.1) is 5.82 Å². The maximum absolute atomic E-state index is 14.3. The molecule has 0 bridgehead atoms. The third kappa shape index (κ3) is 4.40. The van der Waals surface area contributed by atoms with Crippen molar-refractivity contribution in [1.82, 2.24) is 9.78 Å². The first-order chi connectivity index (χ1) is 14.2. The molecule has 0 N–H and O–H groups in total. The zero-order valence-corrected chi connectivity index (χ0v) is 16.0. The van der Waals surface area contributed by atoms with Crippen LogP contribution < -0.4 is 0 Å². The van der Waals surface area contributed by atoms with Gasteiger partial charge in [-0.15, -0.1) is 0 Å². The summed E-state index contributed by atoms with van der Waals surface area (Å²) in [7, 11) is 0. The van der Waals surface area contributed by atoms with Gasteiger partial charge in [0.15, 0.2) is 5.78 Å². The van der Waals surface area contributed by atoms with E-state index >= 15 is 0 Å². The summed E-state index contributed by atoms with van der Waals surface area (Å²) in [4.78, 5) is 12.6. The second kappa shape index (κ2) is 8.49. The molecule has 0 spiro atoms.